The van der Waals surface area contributed by atoms with E-state index in [1.165, 1.54) is 24.3 Å². The average Bonchev–Trinajstić information content (AvgIpc) is 2.47. The molecular weight excluding hydrogens is 276 g/mol. The van der Waals surface area contributed by atoms with Gasteiger partial charge in [0.15, 0.2) is 0 Å². The summed E-state index contributed by atoms with van der Waals surface area (Å²) in [7, 11) is 0. The summed E-state index contributed by atoms with van der Waals surface area (Å²) in [5, 5.41) is 11.4. The van der Waals surface area contributed by atoms with Crippen LogP contribution in [0.3, 0.4) is 0 Å². The van der Waals surface area contributed by atoms with Crippen molar-refractivity contribution in [3.05, 3.63) is 64.7 Å². The lowest BCUT2D eigenvalue weighted by Gasteiger charge is -2.09. The van der Waals surface area contributed by atoms with Gasteiger partial charge >= 0.3 is 0 Å². The van der Waals surface area contributed by atoms with Crippen LogP contribution in [0.15, 0.2) is 36.4 Å². The summed E-state index contributed by atoms with van der Waals surface area (Å²) in [6, 6.07) is 9.46. The third kappa shape index (κ3) is 3.34. The van der Waals surface area contributed by atoms with Crippen molar-refractivity contribution in [3.8, 4) is 6.07 Å². The van der Waals surface area contributed by atoms with Crippen molar-refractivity contribution < 1.29 is 13.6 Å². The molecule has 0 heterocycles. The highest BCUT2D eigenvalue weighted by Crippen LogP contribution is 2.18. The first-order valence-electron chi connectivity index (χ1n) is 6.03. The maximum Gasteiger partial charge on any atom is 0.248 e. The summed E-state index contributed by atoms with van der Waals surface area (Å²) < 4.78 is 27.3. The van der Waals surface area contributed by atoms with Crippen molar-refractivity contribution in [1.29, 1.82) is 5.26 Å². The van der Waals surface area contributed by atoms with Crippen LogP contribution in [-0.4, -0.2) is 5.91 Å². The van der Waals surface area contributed by atoms with E-state index >= 15 is 0 Å². The fraction of sp³-hybridized carbons (Fsp3) is 0.0667. The molecule has 0 saturated carbocycles. The number of halogens is 2. The Morgan fingerprint density at radius 3 is 2.57 bits per heavy atom. The second kappa shape index (κ2) is 6.01. The van der Waals surface area contributed by atoms with E-state index < -0.39 is 17.5 Å². The molecule has 0 aromatic heterocycles. The van der Waals surface area contributed by atoms with Crippen LogP contribution in [0.4, 0.5) is 14.5 Å². The number of benzene rings is 2. The largest absolute Gasteiger partial charge is 0.378 e. The first-order valence-corrected chi connectivity index (χ1v) is 6.03. The fourth-order valence-corrected chi connectivity index (χ4v) is 1.78. The van der Waals surface area contributed by atoms with Crippen LogP contribution >= 0.6 is 0 Å². The van der Waals surface area contributed by atoms with Crippen LogP contribution in [-0.2, 0) is 6.54 Å². The number of nitrogens with two attached hydrogens (primary N) is 1. The van der Waals surface area contributed by atoms with Gasteiger partial charge in [-0.15, -0.1) is 0 Å². The van der Waals surface area contributed by atoms with Crippen molar-refractivity contribution in [3.63, 3.8) is 0 Å². The summed E-state index contributed by atoms with van der Waals surface area (Å²) >= 11 is 0. The lowest BCUT2D eigenvalue weighted by molar-refractivity contribution is 0.1000. The number of hydrogen-bond donors (Lipinski definition) is 2. The molecule has 0 aliphatic carbocycles. The minimum atomic E-state index is -0.666. The number of nitrogens with one attached hydrogen (secondary N) is 1. The number of primary amides is 1. The highest BCUT2D eigenvalue weighted by molar-refractivity contribution is 5.92. The highest BCUT2D eigenvalue weighted by Gasteiger charge is 2.09. The maximum absolute atomic E-state index is 13.7. The van der Waals surface area contributed by atoms with Crippen molar-refractivity contribution >= 4 is 11.6 Å². The van der Waals surface area contributed by atoms with E-state index in [2.05, 4.69) is 5.32 Å². The van der Waals surface area contributed by atoms with Crippen LogP contribution in [0.2, 0.25) is 0 Å². The van der Waals surface area contributed by atoms with Crippen LogP contribution in [0.25, 0.3) is 0 Å². The Balaban J connectivity index is 2.18. The van der Waals surface area contributed by atoms with E-state index in [4.69, 9.17) is 11.0 Å². The van der Waals surface area contributed by atoms with Crippen molar-refractivity contribution in [2.75, 3.05) is 5.32 Å². The number of hydrogen-bond acceptors (Lipinski definition) is 3. The molecule has 0 unspecified atom stereocenters. The Morgan fingerprint density at radius 2 is 1.95 bits per heavy atom. The topological polar surface area (TPSA) is 78.9 Å². The predicted octanol–water partition coefficient (Wildman–Crippen LogP) is 2.55. The highest BCUT2D eigenvalue weighted by atomic mass is 19.1. The Morgan fingerprint density at radius 1 is 1.19 bits per heavy atom. The lowest BCUT2D eigenvalue weighted by atomic mass is 10.1. The molecule has 0 bridgehead atoms. The lowest BCUT2D eigenvalue weighted by Crippen LogP contribution is -2.12. The van der Waals surface area contributed by atoms with Crippen LogP contribution < -0.4 is 11.1 Å². The maximum atomic E-state index is 13.7. The SMILES string of the molecule is N#Cc1ccc(NCc2cc(C(N)=O)ccc2F)c(F)c1. The monoisotopic (exact) mass is 287 g/mol. The van der Waals surface area contributed by atoms with Gasteiger partial charge in [-0.25, -0.2) is 8.78 Å². The molecule has 4 nitrogen and oxygen atoms in total. The van der Waals surface area contributed by atoms with Crippen molar-refractivity contribution in [2.45, 2.75) is 6.54 Å². The number of nitriles is 1. The minimum Gasteiger partial charge on any atom is -0.378 e. The molecule has 106 valence electrons. The standard InChI is InChI=1S/C15H11F2N3O/c16-12-3-2-10(15(19)21)6-11(12)8-20-14-4-1-9(7-18)5-13(14)17/h1-6,20H,8H2,(H2,19,21). The van der Waals surface area contributed by atoms with E-state index in [1.54, 1.807) is 0 Å². The quantitative estimate of drug-likeness (QED) is 0.907. The smallest absolute Gasteiger partial charge is 0.248 e. The van der Waals surface area contributed by atoms with Crippen LogP contribution in [0.1, 0.15) is 21.5 Å². The van der Waals surface area contributed by atoms with Gasteiger partial charge in [-0.2, -0.15) is 5.26 Å². The molecule has 0 spiro atoms. The molecule has 6 heteroatoms. The average molecular weight is 287 g/mol. The molecule has 2 aromatic carbocycles. The van der Waals surface area contributed by atoms with Crippen LogP contribution in [0, 0.1) is 23.0 Å². The Kier molecular flexibility index (Phi) is 4.14. The van der Waals surface area contributed by atoms with Gasteiger partial charge in [-0.05, 0) is 36.4 Å². The molecule has 1 amide bonds. The zero-order valence-electron chi connectivity index (χ0n) is 10.9. The molecule has 0 atom stereocenters. The predicted molar refractivity (Wildman–Crippen MR) is 73.4 cm³/mol. The van der Waals surface area contributed by atoms with E-state index in [-0.39, 0.29) is 28.9 Å². The zero-order chi connectivity index (χ0) is 15.4. The Hall–Kier alpha value is -2.94. The van der Waals surface area contributed by atoms with Gasteiger partial charge in [-0.3, -0.25) is 4.79 Å². The summed E-state index contributed by atoms with van der Waals surface area (Å²) in [6.45, 7) is -0.0181. The van der Waals surface area contributed by atoms with Gasteiger partial charge < -0.3 is 11.1 Å². The molecule has 0 saturated heterocycles. The number of carbonyl (C=O) groups is 1. The Labute approximate surface area is 119 Å². The number of amides is 1. The van der Waals surface area contributed by atoms with Crippen molar-refractivity contribution in [2.24, 2.45) is 5.73 Å². The van der Waals surface area contributed by atoms with E-state index in [1.807, 2.05) is 6.07 Å². The molecule has 0 fully saturated rings. The second-order valence-electron chi connectivity index (χ2n) is 4.33. The molecule has 2 aromatic rings. The Bertz CT molecular complexity index is 738. The summed E-state index contributed by atoms with van der Waals surface area (Å²) in [4.78, 5) is 11.1. The van der Waals surface area contributed by atoms with E-state index in [9.17, 15) is 13.6 Å². The molecule has 0 aliphatic rings. The number of nitrogens with zero attached hydrogens (tertiary/aromatic N) is 1. The number of carbonyl (C=O) groups excluding carboxylic acids is 1. The van der Waals surface area contributed by atoms with Gasteiger partial charge in [0.25, 0.3) is 0 Å². The second-order valence-corrected chi connectivity index (χ2v) is 4.33. The minimum absolute atomic E-state index is 0.0181. The molecule has 2 rings (SSSR count). The third-order valence-corrected chi connectivity index (χ3v) is 2.90. The van der Waals surface area contributed by atoms with Gasteiger partial charge in [-0.1, -0.05) is 0 Å². The van der Waals surface area contributed by atoms with Gasteiger partial charge in [0.05, 0.1) is 17.3 Å². The first-order chi connectivity index (χ1) is 10.0. The molecule has 0 aliphatic heterocycles. The molecule has 21 heavy (non-hydrogen) atoms. The molecule has 3 N–H and O–H groups in total. The van der Waals surface area contributed by atoms with Crippen molar-refractivity contribution in [1.82, 2.24) is 0 Å². The molecular formula is C15H11F2N3O. The third-order valence-electron chi connectivity index (χ3n) is 2.90. The summed E-state index contributed by atoms with van der Waals surface area (Å²) in [5.41, 5.74) is 5.82. The van der Waals surface area contributed by atoms with Gasteiger partial charge in [0.1, 0.15) is 11.6 Å². The summed E-state index contributed by atoms with van der Waals surface area (Å²) in [5.74, 6) is -1.80. The summed E-state index contributed by atoms with van der Waals surface area (Å²) in [6.07, 6.45) is 0. The van der Waals surface area contributed by atoms with E-state index in [0.29, 0.717) is 0 Å². The zero-order valence-corrected chi connectivity index (χ0v) is 10.9. The number of rotatable bonds is 4. The normalized spacial score (nSPS) is 9.95. The molecule has 0 radical (unpaired) electrons. The first kappa shape index (κ1) is 14.5. The number of anilines is 1. The fourth-order valence-electron chi connectivity index (χ4n) is 1.78. The van der Waals surface area contributed by atoms with E-state index in [0.717, 1.165) is 12.1 Å². The van der Waals surface area contributed by atoms with Gasteiger partial charge in [0.2, 0.25) is 5.91 Å². The van der Waals surface area contributed by atoms with Gasteiger partial charge in [0, 0.05) is 17.7 Å². The van der Waals surface area contributed by atoms with Crippen LogP contribution in [0.5, 0.6) is 0 Å².